The predicted octanol–water partition coefficient (Wildman–Crippen LogP) is 3.75. The average Bonchev–Trinajstić information content (AvgIpc) is 3.13. The van der Waals surface area contributed by atoms with Crippen LogP contribution >= 0.6 is 12.4 Å². The van der Waals surface area contributed by atoms with Crippen LogP contribution in [0.5, 0.6) is 11.5 Å². The van der Waals surface area contributed by atoms with Crippen molar-refractivity contribution in [3.8, 4) is 11.5 Å². The fourth-order valence-electron chi connectivity index (χ4n) is 3.25. The van der Waals surface area contributed by atoms with Crippen LogP contribution in [0, 0.1) is 0 Å². The van der Waals surface area contributed by atoms with Gasteiger partial charge < -0.3 is 25.5 Å². The number of aromatic amines is 1. The van der Waals surface area contributed by atoms with Gasteiger partial charge in [-0.3, -0.25) is 4.79 Å². The molecule has 3 aromatic rings. The van der Waals surface area contributed by atoms with E-state index >= 15 is 0 Å². The minimum atomic E-state index is -0.280. The summed E-state index contributed by atoms with van der Waals surface area (Å²) in [6.45, 7) is 0.607. The normalized spacial score (nSPS) is 11.6. The summed E-state index contributed by atoms with van der Waals surface area (Å²) >= 11 is 0. The first-order valence-electron chi connectivity index (χ1n) is 9.41. The van der Waals surface area contributed by atoms with Crippen LogP contribution in [-0.4, -0.2) is 31.7 Å². The summed E-state index contributed by atoms with van der Waals surface area (Å²) in [7, 11) is 3.29. The lowest BCUT2D eigenvalue weighted by Crippen LogP contribution is -2.28. The molecule has 0 aliphatic heterocycles. The molecule has 156 valence electrons. The van der Waals surface area contributed by atoms with Gasteiger partial charge in [-0.1, -0.05) is 30.3 Å². The lowest BCUT2D eigenvalue weighted by atomic mass is 10.0. The van der Waals surface area contributed by atoms with Crippen LogP contribution in [-0.2, 0) is 11.2 Å². The van der Waals surface area contributed by atoms with Crippen molar-refractivity contribution in [3.63, 3.8) is 0 Å². The predicted molar refractivity (Wildman–Crippen MR) is 118 cm³/mol. The lowest BCUT2D eigenvalue weighted by molar-refractivity contribution is -0.121. The first-order chi connectivity index (χ1) is 13.6. The van der Waals surface area contributed by atoms with Crippen molar-refractivity contribution in [3.05, 3.63) is 59.8 Å². The third-order valence-corrected chi connectivity index (χ3v) is 4.76. The second-order valence-corrected chi connectivity index (χ2v) is 6.76. The van der Waals surface area contributed by atoms with Gasteiger partial charge in [-0.2, -0.15) is 0 Å². The van der Waals surface area contributed by atoms with E-state index in [1.54, 1.807) is 14.2 Å². The number of H-pyrrole nitrogens is 1. The molecular weight excluding hydrogens is 390 g/mol. The Bertz CT molecular complexity index is 928. The molecular formula is C22H28ClN3O3. The van der Waals surface area contributed by atoms with Crippen molar-refractivity contribution >= 4 is 29.2 Å². The SMILES string of the molecule is COc1cc(OC)c2cc(CCCNC(=O)CC(N)c3ccccc3)[nH]c2c1.Cl. The number of rotatable bonds is 9. The molecule has 0 saturated heterocycles. The summed E-state index contributed by atoms with van der Waals surface area (Å²) in [5.74, 6) is 1.50. The lowest BCUT2D eigenvalue weighted by Gasteiger charge is -2.12. The number of aromatic nitrogens is 1. The summed E-state index contributed by atoms with van der Waals surface area (Å²) in [6, 6.07) is 15.3. The number of carbonyl (C=O) groups is 1. The number of methoxy groups -OCH3 is 2. The maximum Gasteiger partial charge on any atom is 0.221 e. The number of aryl methyl sites for hydroxylation is 1. The van der Waals surface area contributed by atoms with Gasteiger partial charge in [0.15, 0.2) is 0 Å². The summed E-state index contributed by atoms with van der Waals surface area (Å²) < 4.78 is 10.7. The number of hydrogen-bond acceptors (Lipinski definition) is 4. The zero-order valence-electron chi connectivity index (χ0n) is 16.7. The first kappa shape index (κ1) is 22.6. The Morgan fingerprint density at radius 2 is 1.90 bits per heavy atom. The van der Waals surface area contributed by atoms with Crippen molar-refractivity contribution in [1.29, 1.82) is 0 Å². The molecule has 0 spiro atoms. The number of halogens is 1. The van der Waals surface area contributed by atoms with Gasteiger partial charge in [0, 0.05) is 42.2 Å². The zero-order chi connectivity index (χ0) is 19.9. The van der Waals surface area contributed by atoms with E-state index < -0.39 is 0 Å². The van der Waals surface area contributed by atoms with Crippen LogP contribution in [0.1, 0.15) is 30.1 Å². The average molecular weight is 418 g/mol. The van der Waals surface area contributed by atoms with Crippen LogP contribution in [0.3, 0.4) is 0 Å². The number of nitrogens with one attached hydrogen (secondary N) is 2. The van der Waals surface area contributed by atoms with E-state index in [-0.39, 0.29) is 30.8 Å². The van der Waals surface area contributed by atoms with E-state index in [2.05, 4.69) is 16.4 Å². The van der Waals surface area contributed by atoms with Gasteiger partial charge in [0.05, 0.1) is 19.7 Å². The molecule has 7 heteroatoms. The smallest absolute Gasteiger partial charge is 0.221 e. The number of amides is 1. The topological polar surface area (TPSA) is 89.4 Å². The molecule has 1 unspecified atom stereocenters. The number of nitrogens with two attached hydrogens (primary N) is 1. The fraction of sp³-hybridized carbons (Fsp3) is 0.318. The molecule has 2 aromatic carbocycles. The Hall–Kier alpha value is -2.70. The largest absolute Gasteiger partial charge is 0.497 e. The number of fused-ring (bicyclic) bond motifs is 1. The molecule has 0 aliphatic rings. The molecule has 1 heterocycles. The second-order valence-electron chi connectivity index (χ2n) is 6.76. The Kier molecular flexibility index (Phi) is 8.36. The van der Waals surface area contributed by atoms with Gasteiger partial charge in [0.1, 0.15) is 11.5 Å². The van der Waals surface area contributed by atoms with E-state index in [4.69, 9.17) is 15.2 Å². The summed E-state index contributed by atoms with van der Waals surface area (Å²) in [6.07, 6.45) is 1.94. The number of benzene rings is 2. The zero-order valence-corrected chi connectivity index (χ0v) is 17.6. The monoisotopic (exact) mass is 417 g/mol. The van der Waals surface area contributed by atoms with Crippen molar-refractivity contribution in [2.75, 3.05) is 20.8 Å². The first-order valence-corrected chi connectivity index (χ1v) is 9.41. The van der Waals surface area contributed by atoms with Crippen molar-refractivity contribution in [2.45, 2.75) is 25.3 Å². The van der Waals surface area contributed by atoms with Crippen LogP contribution in [0.25, 0.3) is 10.9 Å². The highest BCUT2D eigenvalue weighted by Gasteiger charge is 2.12. The van der Waals surface area contributed by atoms with Crippen LogP contribution < -0.4 is 20.5 Å². The summed E-state index contributed by atoms with van der Waals surface area (Å²) in [5, 5.41) is 3.97. The van der Waals surface area contributed by atoms with Crippen molar-refractivity contribution in [2.24, 2.45) is 5.73 Å². The highest BCUT2D eigenvalue weighted by molar-refractivity contribution is 5.88. The molecule has 0 fully saturated rings. The molecule has 0 radical (unpaired) electrons. The number of ether oxygens (including phenoxy) is 2. The Balaban J connectivity index is 0.00000300. The third-order valence-electron chi connectivity index (χ3n) is 4.76. The number of carbonyl (C=O) groups excluding carboxylic acids is 1. The highest BCUT2D eigenvalue weighted by Crippen LogP contribution is 2.31. The van der Waals surface area contributed by atoms with E-state index in [0.717, 1.165) is 46.5 Å². The molecule has 29 heavy (non-hydrogen) atoms. The van der Waals surface area contributed by atoms with E-state index in [9.17, 15) is 4.79 Å². The van der Waals surface area contributed by atoms with Gasteiger partial charge in [-0.05, 0) is 24.5 Å². The minimum Gasteiger partial charge on any atom is -0.497 e. The number of hydrogen-bond donors (Lipinski definition) is 3. The van der Waals surface area contributed by atoms with E-state index in [1.807, 2.05) is 42.5 Å². The van der Waals surface area contributed by atoms with Crippen LogP contribution in [0.4, 0.5) is 0 Å². The molecule has 1 atom stereocenters. The highest BCUT2D eigenvalue weighted by atomic mass is 35.5. The summed E-state index contributed by atoms with van der Waals surface area (Å²) in [4.78, 5) is 15.5. The van der Waals surface area contributed by atoms with Crippen LogP contribution in [0.2, 0.25) is 0 Å². The Morgan fingerprint density at radius 3 is 2.59 bits per heavy atom. The Morgan fingerprint density at radius 1 is 1.14 bits per heavy atom. The molecule has 0 aliphatic carbocycles. The standard InChI is InChI=1S/C22H27N3O3.ClH/c1-27-17-12-20-18(21(13-17)28-2)11-16(25-20)9-6-10-24-22(26)14-19(23)15-7-4-3-5-8-15;/h3-5,7-8,11-13,19,25H,6,9-10,14,23H2,1-2H3,(H,24,26);1H. The Labute approximate surface area is 177 Å². The quantitative estimate of drug-likeness (QED) is 0.462. The third kappa shape index (κ3) is 5.89. The van der Waals surface area contributed by atoms with E-state index in [0.29, 0.717) is 6.54 Å². The van der Waals surface area contributed by atoms with E-state index in [1.165, 1.54) is 0 Å². The minimum absolute atomic E-state index is 0. The molecule has 4 N–H and O–H groups in total. The van der Waals surface area contributed by atoms with Crippen LogP contribution in [0.15, 0.2) is 48.5 Å². The van der Waals surface area contributed by atoms with Gasteiger partial charge in [0.2, 0.25) is 5.91 Å². The molecule has 0 bridgehead atoms. The molecule has 6 nitrogen and oxygen atoms in total. The summed E-state index contributed by atoms with van der Waals surface area (Å²) in [5.41, 5.74) is 9.14. The molecule has 3 rings (SSSR count). The van der Waals surface area contributed by atoms with Gasteiger partial charge in [0.25, 0.3) is 0 Å². The van der Waals surface area contributed by atoms with Gasteiger partial charge >= 0.3 is 0 Å². The molecule has 1 amide bonds. The fourth-order valence-corrected chi connectivity index (χ4v) is 3.25. The molecule has 0 saturated carbocycles. The second kappa shape index (κ2) is 10.7. The maximum atomic E-state index is 12.1. The molecule has 1 aromatic heterocycles. The van der Waals surface area contributed by atoms with Crippen molar-refractivity contribution in [1.82, 2.24) is 10.3 Å². The maximum absolute atomic E-state index is 12.1. The van der Waals surface area contributed by atoms with Crippen molar-refractivity contribution < 1.29 is 14.3 Å². The van der Waals surface area contributed by atoms with Gasteiger partial charge in [-0.25, -0.2) is 0 Å². The van der Waals surface area contributed by atoms with Gasteiger partial charge in [-0.15, -0.1) is 12.4 Å².